The molecule has 3 rings (SSSR count). The van der Waals surface area contributed by atoms with Crippen molar-refractivity contribution in [2.75, 3.05) is 25.0 Å². The number of benzene rings is 1. The van der Waals surface area contributed by atoms with Gasteiger partial charge in [0.2, 0.25) is 0 Å². The van der Waals surface area contributed by atoms with Crippen LogP contribution in [0.1, 0.15) is 5.56 Å². The molecule has 2 aromatic rings. The van der Waals surface area contributed by atoms with Crippen molar-refractivity contribution < 1.29 is 9.53 Å². The molecule has 22 heavy (non-hydrogen) atoms. The van der Waals surface area contributed by atoms with Gasteiger partial charge in [-0.1, -0.05) is 36.4 Å². The Kier molecular flexibility index (Phi) is 6.39. The number of nitrogens with one attached hydrogen (secondary N) is 1. The average Bonchev–Trinajstić information content (AvgIpc) is 2.55. The largest absolute Gasteiger partial charge is 0.463 e. The predicted molar refractivity (Wildman–Crippen MR) is 86.6 cm³/mol. The van der Waals surface area contributed by atoms with Crippen molar-refractivity contribution in [1.29, 1.82) is 0 Å². The Morgan fingerprint density at radius 1 is 1.23 bits per heavy atom. The van der Waals surface area contributed by atoms with Gasteiger partial charge in [-0.15, -0.1) is 0 Å². The second kappa shape index (κ2) is 8.79. The molecule has 1 aromatic heterocycles. The maximum Gasteiger partial charge on any atom is 0.293 e. The molecule has 5 heteroatoms. The van der Waals surface area contributed by atoms with E-state index in [4.69, 9.17) is 0 Å². The van der Waals surface area contributed by atoms with E-state index >= 15 is 0 Å². The average molecular weight is 299 g/mol. The summed E-state index contributed by atoms with van der Waals surface area (Å²) in [4.78, 5) is 16.3. The number of ether oxygens (including phenoxy) is 1. The lowest BCUT2D eigenvalue weighted by Crippen LogP contribution is -2.57. The van der Waals surface area contributed by atoms with E-state index in [2.05, 4.69) is 19.9 Å². The Morgan fingerprint density at radius 3 is 2.55 bits per heavy atom. The van der Waals surface area contributed by atoms with E-state index in [1.165, 1.54) is 0 Å². The van der Waals surface area contributed by atoms with E-state index in [1.807, 2.05) is 61.8 Å². The van der Waals surface area contributed by atoms with Crippen LogP contribution in [0.15, 0.2) is 54.7 Å². The lowest BCUT2D eigenvalue weighted by Gasteiger charge is -2.39. The van der Waals surface area contributed by atoms with Crippen LogP contribution in [-0.4, -0.2) is 37.6 Å². The van der Waals surface area contributed by atoms with Gasteiger partial charge in [-0.25, -0.2) is 4.98 Å². The Balaban J connectivity index is 0.000000164. The molecule has 0 atom stereocenters. The molecule has 0 amide bonds. The van der Waals surface area contributed by atoms with Crippen LogP contribution in [0.2, 0.25) is 0 Å². The molecule has 0 unspecified atom stereocenters. The minimum absolute atomic E-state index is 0.365. The monoisotopic (exact) mass is 299 g/mol. The molecule has 2 heterocycles. The molecule has 0 bridgehead atoms. The number of hydrogen-bond acceptors (Lipinski definition) is 5. The standard InChI is InChI=1S/C9H13N3.C8H8O2/c1-10-8-6-12(7-8)9-4-2-3-5-11-9;9-7-10-6-8-4-2-1-3-5-8/h2-5,8,10H,6-7H2,1H3;1-5,7H,6H2. The number of aromatic nitrogens is 1. The van der Waals surface area contributed by atoms with Crippen LogP contribution in [0.3, 0.4) is 0 Å². The second-order valence-electron chi connectivity index (χ2n) is 4.97. The van der Waals surface area contributed by atoms with Gasteiger partial charge in [0.1, 0.15) is 12.4 Å². The van der Waals surface area contributed by atoms with Crippen molar-refractivity contribution in [2.45, 2.75) is 12.6 Å². The van der Waals surface area contributed by atoms with Gasteiger partial charge in [-0.2, -0.15) is 0 Å². The summed E-state index contributed by atoms with van der Waals surface area (Å²) in [5, 5.41) is 3.23. The molecule has 1 aromatic carbocycles. The molecule has 0 spiro atoms. The van der Waals surface area contributed by atoms with E-state index in [0.717, 1.165) is 24.5 Å². The normalized spacial score (nSPS) is 13.6. The molecule has 116 valence electrons. The van der Waals surface area contributed by atoms with Gasteiger partial charge >= 0.3 is 0 Å². The van der Waals surface area contributed by atoms with Crippen LogP contribution in [-0.2, 0) is 16.1 Å². The van der Waals surface area contributed by atoms with E-state index in [1.54, 1.807) is 0 Å². The lowest BCUT2D eigenvalue weighted by atomic mass is 10.1. The van der Waals surface area contributed by atoms with Crippen LogP contribution < -0.4 is 10.2 Å². The van der Waals surface area contributed by atoms with Gasteiger partial charge in [0.15, 0.2) is 0 Å². The third-order valence-electron chi connectivity index (χ3n) is 3.42. The Morgan fingerprint density at radius 2 is 1.95 bits per heavy atom. The minimum Gasteiger partial charge on any atom is -0.463 e. The zero-order chi connectivity index (χ0) is 15.6. The molecule has 1 aliphatic rings. The summed E-state index contributed by atoms with van der Waals surface area (Å²) in [7, 11) is 2.00. The summed E-state index contributed by atoms with van der Waals surface area (Å²) in [5.41, 5.74) is 1.01. The number of likely N-dealkylation sites (N-methyl/N-ethyl adjacent to an activating group) is 1. The van der Waals surface area contributed by atoms with E-state index in [9.17, 15) is 4.79 Å². The molecule has 1 saturated heterocycles. The highest BCUT2D eigenvalue weighted by Gasteiger charge is 2.25. The third-order valence-corrected chi connectivity index (χ3v) is 3.42. The predicted octanol–water partition coefficient (Wildman–Crippen LogP) is 1.85. The lowest BCUT2D eigenvalue weighted by molar-refractivity contribution is -0.129. The number of hydrogen-bond donors (Lipinski definition) is 1. The summed E-state index contributed by atoms with van der Waals surface area (Å²) in [6.07, 6.45) is 1.84. The van der Waals surface area contributed by atoms with E-state index in [0.29, 0.717) is 19.1 Å². The molecule has 1 fully saturated rings. The first-order valence-electron chi connectivity index (χ1n) is 7.26. The Labute approximate surface area is 130 Å². The van der Waals surface area contributed by atoms with Crippen molar-refractivity contribution in [2.24, 2.45) is 0 Å². The van der Waals surface area contributed by atoms with Crippen LogP contribution in [0.25, 0.3) is 0 Å². The smallest absolute Gasteiger partial charge is 0.293 e. The summed E-state index contributed by atoms with van der Waals surface area (Å²) < 4.78 is 4.54. The fourth-order valence-electron chi connectivity index (χ4n) is 2.09. The highest BCUT2D eigenvalue weighted by atomic mass is 16.5. The van der Waals surface area contributed by atoms with Crippen molar-refractivity contribution >= 4 is 12.3 Å². The minimum atomic E-state index is 0.365. The van der Waals surface area contributed by atoms with E-state index in [-0.39, 0.29) is 0 Å². The van der Waals surface area contributed by atoms with Crippen molar-refractivity contribution in [3.05, 3.63) is 60.3 Å². The summed E-state index contributed by atoms with van der Waals surface area (Å²) in [5.74, 6) is 1.09. The molecular weight excluding hydrogens is 278 g/mol. The van der Waals surface area contributed by atoms with Gasteiger partial charge in [0.05, 0.1) is 0 Å². The third kappa shape index (κ3) is 4.86. The Bertz CT molecular complexity index is 542. The number of carbonyl (C=O) groups excluding carboxylic acids is 1. The van der Waals surface area contributed by atoms with Crippen LogP contribution in [0.4, 0.5) is 5.82 Å². The maximum absolute atomic E-state index is 9.76. The van der Waals surface area contributed by atoms with E-state index < -0.39 is 0 Å². The Hall–Kier alpha value is -2.40. The first kappa shape index (κ1) is 16.0. The fraction of sp³-hybridized carbons (Fsp3) is 0.294. The van der Waals surface area contributed by atoms with Crippen molar-refractivity contribution in [3.63, 3.8) is 0 Å². The number of rotatable bonds is 5. The molecule has 0 saturated carbocycles. The van der Waals surface area contributed by atoms with Crippen molar-refractivity contribution in [3.8, 4) is 0 Å². The molecule has 1 aliphatic heterocycles. The van der Waals surface area contributed by atoms with Gasteiger partial charge in [0.25, 0.3) is 6.47 Å². The first-order valence-corrected chi connectivity index (χ1v) is 7.26. The summed E-state index contributed by atoms with van der Waals surface area (Å²) >= 11 is 0. The number of carbonyl (C=O) groups is 1. The van der Waals surface area contributed by atoms with Crippen LogP contribution >= 0.6 is 0 Å². The SMILES string of the molecule is CNC1CN(c2ccccn2)C1.O=COCc1ccccc1. The van der Waals surface area contributed by atoms with Gasteiger partial charge < -0.3 is 15.0 Å². The molecule has 1 N–H and O–H groups in total. The molecule has 0 radical (unpaired) electrons. The number of pyridine rings is 1. The zero-order valence-electron chi connectivity index (χ0n) is 12.7. The topological polar surface area (TPSA) is 54.5 Å². The van der Waals surface area contributed by atoms with Crippen LogP contribution in [0.5, 0.6) is 0 Å². The summed E-state index contributed by atoms with van der Waals surface area (Å²) in [6, 6.07) is 16.2. The molecular formula is C17H21N3O2. The zero-order valence-corrected chi connectivity index (χ0v) is 12.7. The van der Waals surface area contributed by atoms with Gasteiger partial charge in [-0.3, -0.25) is 4.79 Å². The number of anilines is 1. The number of nitrogens with zero attached hydrogens (tertiary/aromatic N) is 2. The van der Waals surface area contributed by atoms with Gasteiger partial charge in [0, 0.05) is 25.3 Å². The first-order chi connectivity index (χ1) is 10.8. The molecule has 5 nitrogen and oxygen atoms in total. The highest BCUT2D eigenvalue weighted by Crippen LogP contribution is 2.16. The van der Waals surface area contributed by atoms with Crippen molar-refractivity contribution in [1.82, 2.24) is 10.3 Å². The van der Waals surface area contributed by atoms with Crippen LogP contribution in [0, 0.1) is 0 Å². The second-order valence-corrected chi connectivity index (χ2v) is 4.97. The maximum atomic E-state index is 9.76. The van der Waals surface area contributed by atoms with Gasteiger partial charge in [-0.05, 0) is 24.7 Å². The fourth-order valence-corrected chi connectivity index (χ4v) is 2.09. The molecule has 0 aliphatic carbocycles. The quantitative estimate of drug-likeness (QED) is 0.854. The highest BCUT2D eigenvalue weighted by molar-refractivity contribution is 5.41. The summed E-state index contributed by atoms with van der Waals surface area (Å²) in [6.45, 7) is 2.97.